The van der Waals surface area contributed by atoms with Gasteiger partial charge in [-0.1, -0.05) is 24.3 Å². The number of halogens is 1. The first-order valence-corrected chi connectivity index (χ1v) is 12.2. The number of carbonyl (C=O) groups is 2. The lowest BCUT2D eigenvalue weighted by atomic mass is 10.0. The molecule has 0 spiro atoms. The molecule has 0 N–H and O–H groups in total. The van der Waals surface area contributed by atoms with Crippen molar-refractivity contribution in [3.8, 4) is 5.75 Å². The van der Waals surface area contributed by atoms with Crippen LogP contribution >= 0.6 is 0 Å². The number of esters is 1. The lowest BCUT2D eigenvalue weighted by Crippen LogP contribution is -2.50. The summed E-state index contributed by atoms with van der Waals surface area (Å²) >= 11 is 0. The van der Waals surface area contributed by atoms with Crippen LogP contribution in [-0.4, -0.2) is 69.4 Å². The molecule has 0 radical (unpaired) electrons. The van der Waals surface area contributed by atoms with Crippen LogP contribution in [0.2, 0.25) is 0 Å². The molecule has 1 fully saturated rings. The topological polar surface area (TPSA) is 68.3 Å². The maximum atomic E-state index is 14.0. The van der Waals surface area contributed by atoms with Gasteiger partial charge in [0.25, 0.3) is 0 Å². The number of methoxy groups -OCH3 is 1. The van der Waals surface area contributed by atoms with Gasteiger partial charge >= 0.3 is 5.97 Å². The molecule has 8 heteroatoms. The lowest BCUT2D eigenvalue weighted by molar-refractivity contribution is -0.147. The fourth-order valence-corrected chi connectivity index (χ4v) is 4.15. The van der Waals surface area contributed by atoms with Crippen molar-refractivity contribution >= 4 is 17.6 Å². The summed E-state index contributed by atoms with van der Waals surface area (Å²) in [5.41, 5.74) is 1.73. The zero-order valence-electron chi connectivity index (χ0n) is 20.6. The number of para-hydroxylation sites is 1. The first kappa shape index (κ1) is 26.5. The third-order valence-electron chi connectivity index (χ3n) is 6.12. The molecule has 190 valence electrons. The van der Waals surface area contributed by atoms with E-state index in [0.29, 0.717) is 44.9 Å². The van der Waals surface area contributed by atoms with Crippen molar-refractivity contribution in [2.24, 2.45) is 0 Å². The van der Waals surface area contributed by atoms with Crippen molar-refractivity contribution in [2.45, 2.75) is 38.7 Å². The smallest absolute Gasteiger partial charge is 0.308 e. The maximum Gasteiger partial charge on any atom is 0.308 e. The number of carbonyl (C=O) groups excluding carboxylic acids is 2. The molecule has 1 unspecified atom stereocenters. The van der Waals surface area contributed by atoms with E-state index < -0.39 is 6.10 Å². The number of rotatable bonds is 12. The molecule has 1 aliphatic heterocycles. The number of aryl methyl sites for hydroxylation is 1. The Labute approximate surface area is 206 Å². The monoisotopic (exact) mass is 486 g/mol. The normalized spacial score (nSPS) is 14.5. The number of piperazine rings is 1. The number of benzene rings is 2. The van der Waals surface area contributed by atoms with E-state index in [0.717, 1.165) is 18.6 Å². The molecule has 0 aliphatic carbocycles. The Morgan fingerprint density at radius 1 is 1.03 bits per heavy atom. The number of ether oxygens (including phenoxy) is 3. The molecule has 0 bridgehead atoms. The van der Waals surface area contributed by atoms with Gasteiger partial charge in [0.1, 0.15) is 18.2 Å². The fraction of sp³-hybridized carbons (Fsp3) is 0.481. The van der Waals surface area contributed by atoms with E-state index in [9.17, 15) is 14.0 Å². The molecule has 1 saturated heterocycles. The summed E-state index contributed by atoms with van der Waals surface area (Å²) in [6, 6.07) is 14.6. The molecule has 1 heterocycles. The number of nitrogens with zero attached hydrogens (tertiary/aromatic N) is 2. The minimum atomic E-state index is -0.395. The quantitative estimate of drug-likeness (QED) is 0.425. The van der Waals surface area contributed by atoms with Crippen LogP contribution in [0, 0.1) is 5.82 Å². The average molecular weight is 487 g/mol. The van der Waals surface area contributed by atoms with Crippen LogP contribution in [-0.2, 0) is 25.5 Å². The largest absolute Gasteiger partial charge is 0.494 e. The van der Waals surface area contributed by atoms with Gasteiger partial charge < -0.3 is 24.0 Å². The number of hydrogen-bond acceptors (Lipinski definition) is 6. The summed E-state index contributed by atoms with van der Waals surface area (Å²) < 4.78 is 30.2. The predicted molar refractivity (Wildman–Crippen MR) is 132 cm³/mol. The standard InChI is InChI=1S/C27H35FN2O5/c1-3-34-22-13-11-21(12-14-22)7-6-8-23(19-27(32)33-2)35-20-26(31)30-17-15-29(16-18-30)25-10-5-4-9-24(25)28/h4-5,9-14,23H,3,6-8,15-20H2,1-2H3. The minimum absolute atomic E-state index is 0.0928. The zero-order chi connectivity index (χ0) is 25.0. The molecular weight excluding hydrogens is 451 g/mol. The van der Waals surface area contributed by atoms with E-state index in [1.165, 1.54) is 18.7 Å². The highest BCUT2D eigenvalue weighted by Gasteiger charge is 2.24. The zero-order valence-corrected chi connectivity index (χ0v) is 20.6. The second kappa shape index (κ2) is 13.7. The molecule has 7 nitrogen and oxygen atoms in total. The van der Waals surface area contributed by atoms with E-state index in [-0.39, 0.29) is 30.7 Å². The summed E-state index contributed by atoms with van der Waals surface area (Å²) in [5.74, 6) is 0.101. The number of hydrogen-bond donors (Lipinski definition) is 0. The van der Waals surface area contributed by atoms with Crippen LogP contribution in [0.5, 0.6) is 5.75 Å². The van der Waals surface area contributed by atoms with Gasteiger partial charge in [0.05, 0.1) is 31.9 Å². The summed E-state index contributed by atoms with van der Waals surface area (Å²) in [5, 5.41) is 0. The van der Waals surface area contributed by atoms with Crippen LogP contribution in [0.25, 0.3) is 0 Å². The highest BCUT2D eigenvalue weighted by molar-refractivity contribution is 5.78. The van der Waals surface area contributed by atoms with E-state index in [2.05, 4.69) is 0 Å². The van der Waals surface area contributed by atoms with E-state index in [1.54, 1.807) is 23.1 Å². The molecule has 2 aromatic carbocycles. The Morgan fingerprint density at radius 3 is 2.40 bits per heavy atom. The fourth-order valence-electron chi connectivity index (χ4n) is 4.15. The van der Waals surface area contributed by atoms with E-state index in [4.69, 9.17) is 14.2 Å². The van der Waals surface area contributed by atoms with Gasteiger partial charge in [0.2, 0.25) is 5.91 Å². The van der Waals surface area contributed by atoms with Gasteiger partial charge in [-0.05, 0) is 56.0 Å². The van der Waals surface area contributed by atoms with Gasteiger partial charge in [0, 0.05) is 26.2 Å². The average Bonchev–Trinajstić information content (AvgIpc) is 2.88. The summed E-state index contributed by atoms with van der Waals surface area (Å²) in [6.07, 6.45) is 1.99. The Morgan fingerprint density at radius 2 is 1.74 bits per heavy atom. The van der Waals surface area contributed by atoms with Crippen molar-refractivity contribution < 1.29 is 28.2 Å². The first-order valence-electron chi connectivity index (χ1n) is 12.2. The number of anilines is 1. The van der Waals surface area contributed by atoms with Crippen molar-refractivity contribution in [3.05, 3.63) is 59.9 Å². The van der Waals surface area contributed by atoms with Crippen LogP contribution in [0.15, 0.2) is 48.5 Å². The molecular formula is C27H35FN2O5. The van der Waals surface area contributed by atoms with Crippen molar-refractivity contribution in [2.75, 3.05) is 51.4 Å². The molecule has 0 saturated carbocycles. The lowest BCUT2D eigenvalue weighted by Gasteiger charge is -2.36. The minimum Gasteiger partial charge on any atom is -0.494 e. The van der Waals surface area contributed by atoms with Crippen molar-refractivity contribution in [3.63, 3.8) is 0 Å². The van der Waals surface area contributed by atoms with Crippen LogP contribution in [0.4, 0.5) is 10.1 Å². The second-order valence-corrected chi connectivity index (χ2v) is 8.50. The van der Waals surface area contributed by atoms with Crippen LogP contribution in [0.1, 0.15) is 31.7 Å². The molecule has 0 aromatic heterocycles. The summed E-state index contributed by atoms with van der Waals surface area (Å²) in [7, 11) is 1.35. The Balaban J connectivity index is 1.45. The van der Waals surface area contributed by atoms with Gasteiger partial charge in [-0.3, -0.25) is 9.59 Å². The SMILES string of the molecule is CCOc1ccc(CCCC(CC(=O)OC)OCC(=O)N2CCN(c3ccccc3F)CC2)cc1. The Bertz CT molecular complexity index is 945. The number of amides is 1. The molecule has 1 atom stereocenters. The molecule has 3 rings (SSSR count). The third kappa shape index (κ3) is 8.24. The first-order chi connectivity index (χ1) is 17.0. The second-order valence-electron chi connectivity index (χ2n) is 8.50. The Kier molecular flexibility index (Phi) is 10.3. The predicted octanol–water partition coefficient (Wildman–Crippen LogP) is 3.84. The third-order valence-corrected chi connectivity index (χ3v) is 6.12. The molecule has 35 heavy (non-hydrogen) atoms. The van der Waals surface area contributed by atoms with Gasteiger partial charge in [0.15, 0.2) is 0 Å². The van der Waals surface area contributed by atoms with Crippen LogP contribution in [0.3, 0.4) is 0 Å². The summed E-state index contributed by atoms with van der Waals surface area (Å²) in [6.45, 7) is 4.59. The van der Waals surface area contributed by atoms with E-state index >= 15 is 0 Å². The van der Waals surface area contributed by atoms with Crippen molar-refractivity contribution in [1.29, 1.82) is 0 Å². The van der Waals surface area contributed by atoms with E-state index in [1.807, 2.05) is 36.1 Å². The maximum absolute atomic E-state index is 14.0. The highest BCUT2D eigenvalue weighted by Crippen LogP contribution is 2.20. The van der Waals surface area contributed by atoms with Crippen LogP contribution < -0.4 is 9.64 Å². The molecule has 1 aliphatic rings. The van der Waals surface area contributed by atoms with Gasteiger partial charge in [-0.2, -0.15) is 0 Å². The molecule has 2 aromatic rings. The Hall–Kier alpha value is -3.13. The van der Waals surface area contributed by atoms with Gasteiger partial charge in [-0.25, -0.2) is 4.39 Å². The highest BCUT2D eigenvalue weighted by atomic mass is 19.1. The van der Waals surface area contributed by atoms with Gasteiger partial charge in [-0.15, -0.1) is 0 Å². The van der Waals surface area contributed by atoms with Crippen molar-refractivity contribution in [1.82, 2.24) is 4.90 Å². The molecule has 1 amide bonds. The summed E-state index contributed by atoms with van der Waals surface area (Å²) in [4.78, 5) is 28.3.